The van der Waals surface area contributed by atoms with Crippen molar-refractivity contribution in [3.8, 4) is 0 Å². The number of benzene rings is 2. The summed E-state index contributed by atoms with van der Waals surface area (Å²) in [5.74, 6) is 0. The van der Waals surface area contributed by atoms with Gasteiger partial charge in [0.25, 0.3) is 0 Å². The smallest absolute Gasteiger partial charge is 0.338 e. The van der Waals surface area contributed by atoms with Crippen molar-refractivity contribution in [3.63, 3.8) is 0 Å². The van der Waals surface area contributed by atoms with Gasteiger partial charge in [0, 0.05) is 17.1 Å². The number of fused-ring (bicyclic) bond motifs is 1. The number of aryl methyl sites for hydroxylation is 1. The molecule has 0 aliphatic rings. The first kappa shape index (κ1) is 12.5. The quantitative estimate of drug-likeness (QED) is 0.708. The van der Waals surface area contributed by atoms with Crippen LogP contribution in [0.2, 0.25) is 0 Å². The normalized spacial score (nSPS) is 10.7. The first-order valence-electron chi connectivity index (χ1n) is 6.51. The maximum Gasteiger partial charge on any atom is 0.338 e. The van der Waals surface area contributed by atoms with Crippen LogP contribution in [0.5, 0.6) is 0 Å². The van der Waals surface area contributed by atoms with E-state index in [-0.39, 0.29) is 5.63 Å². The molecule has 100 valence electrons. The highest BCUT2D eigenvalue weighted by atomic mass is 16.4. The van der Waals surface area contributed by atoms with Crippen molar-refractivity contribution in [1.82, 2.24) is 0 Å². The highest BCUT2D eigenvalue weighted by molar-refractivity contribution is 5.91. The van der Waals surface area contributed by atoms with Crippen LogP contribution in [0.25, 0.3) is 11.0 Å². The molecule has 1 heterocycles. The van der Waals surface area contributed by atoms with Crippen molar-refractivity contribution in [3.05, 3.63) is 70.1 Å². The fraction of sp³-hybridized carbons (Fsp3) is 0.118. The zero-order valence-corrected chi connectivity index (χ0v) is 11.4. The second-order valence-electron chi connectivity index (χ2n) is 4.85. The van der Waals surface area contributed by atoms with Crippen LogP contribution in [0.15, 0.2) is 57.7 Å². The zero-order valence-electron chi connectivity index (χ0n) is 11.4. The summed E-state index contributed by atoms with van der Waals surface area (Å²) in [6.07, 6.45) is 0. The van der Waals surface area contributed by atoms with Gasteiger partial charge < -0.3 is 9.73 Å². The minimum Gasteiger partial charge on any atom is -0.423 e. The highest BCUT2D eigenvalue weighted by Gasteiger charge is 2.07. The molecule has 3 nitrogen and oxygen atoms in total. The molecule has 0 bridgehead atoms. The third kappa shape index (κ3) is 2.18. The molecule has 0 atom stereocenters. The zero-order chi connectivity index (χ0) is 14.1. The molecule has 3 aromatic rings. The molecule has 0 spiro atoms. The Morgan fingerprint density at radius 1 is 0.950 bits per heavy atom. The molecule has 3 heteroatoms. The Kier molecular flexibility index (Phi) is 3.03. The molecule has 3 rings (SSSR count). The Hall–Kier alpha value is -2.55. The first-order valence-corrected chi connectivity index (χ1v) is 6.51. The Morgan fingerprint density at radius 3 is 2.60 bits per heavy atom. The predicted molar refractivity (Wildman–Crippen MR) is 81.7 cm³/mol. The van der Waals surface area contributed by atoms with Crippen LogP contribution in [0.3, 0.4) is 0 Å². The number of nitrogens with one attached hydrogen (secondary N) is 1. The Labute approximate surface area is 116 Å². The van der Waals surface area contributed by atoms with Crippen LogP contribution in [0, 0.1) is 13.8 Å². The lowest BCUT2D eigenvalue weighted by Gasteiger charge is -2.12. The van der Waals surface area contributed by atoms with Gasteiger partial charge in [-0.2, -0.15) is 0 Å². The monoisotopic (exact) mass is 265 g/mol. The molecule has 0 fully saturated rings. The average molecular weight is 265 g/mol. The summed E-state index contributed by atoms with van der Waals surface area (Å²) in [7, 11) is 0. The second kappa shape index (κ2) is 4.85. The highest BCUT2D eigenvalue weighted by Crippen LogP contribution is 2.27. The summed E-state index contributed by atoms with van der Waals surface area (Å²) in [5, 5.41) is 4.23. The van der Waals surface area contributed by atoms with E-state index in [0.717, 1.165) is 16.8 Å². The van der Waals surface area contributed by atoms with Gasteiger partial charge >= 0.3 is 5.63 Å². The number of rotatable bonds is 2. The molecule has 0 saturated carbocycles. The van der Waals surface area contributed by atoms with Crippen molar-refractivity contribution in [2.45, 2.75) is 13.8 Å². The third-order valence-corrected chi connectivity index (χ3v) is 3.52. The molecular formula is C17H15NO2. The van der Waals surface area contributed by atoms with E-state index in [0.29, 0.717) is 5.58 Å². The van der Waals surface area contributed by atoms with Crippen LogP contribution in [-0.4, -0.2) is 0 Å². The number of hydrogen-bond donors (Lipinski definition) is 1. The van der Waals surface area contributed by atoms with E-state index >= 15 is 0 Å². The standard InChI is InChI=1S/C17H15NO2/c1-11-6-5-8-14(12(11)2)18-15-10-17(19)20-16-9-4-3-7-13(15)16/h3-10,18H,1-2H3. The lowest BCUT2D eigenvalue weighted by molar-refractivity contribution is 0.561. The number of para-hydroxylation sites is 1. The van der Waals surface area contributed by atoms with E-state index < -0.39 is 0 Å². The molecule has 0 amide bonds. The van der Waals surface area contributed by atoms with Crippen molar-refractivity contribution in [2.75, 3.05) is 5.32 Å². The van der Waals surface area contributed by atoms with Gasteiger partial charge in [0.15, 0.2) is 0 Å². The topological polar surface area (TPSA) is 42.2 Å². The van der Waals surface area contributed by atoms with E-state index in [1.165, 1.54) is 17.2 Å². The van der Waals surface area contributed by atoms with Crippen LogP contribution < -0.4 is 10.9 Å². The van der Waals surface area contributed by atoms with E-state index in [1.807, 2.05) is 30.3 Å². The maximum absolute atomic E-state index is 11.6. The third-order valence-electron chi connectivity index (χ3n) is 3.52. The molecule has 0 unspecified atom stereocenters. The molecule has 1 aromatic heterocycles. The largest absolute Gasteiger partial charge is 0.423 e. The van der Waals surface area contributed by atoms with E-state index in [9.17, 15) is 4.79 Å². The maximum atomic E-state index is 11.6. The summed E-state index contributed by atoms with van der Waals surface area (Å²) in [6, 6.07) is 15.1. The minimum absolute atomic E-state index is 0.350. The SMILES string of the molecule is Cc1cccc(Nc2cc(=O)oc3ccccc23)c1C. The van der Waals surface area contributed by atoms with Crippen molar-refractivity contribution in [2.24, 2.45) is 0 Å². The van der Waals surface area contributed by atoms with Crippen LogP contribution in [0.1, 0.15) is 11.1 Å². The van der Waals surface area contributed by atoms with Gasteiger partial charge in [-0.3, -0.25) is 0 Å². The molecule has 0 saturated heterocycles. The number of anilines is 2. The van der Waals surface area contributed by atoms with E-state index in [2.05, 4.69) is 25.2 Å². The van der Waals surface area contributed by atoms with Crippen LogP contribution >= 0.6 is 0 Å². The molecule has 0 aliphatic carbocycles. The summed E-state index contributed by atoms with van der Waals surface area (Å²) in [6.45, 7) is 4.13. The van der Waals surface area contributed by atoms with Gasteiger partial charge in [0.05, 0.1) is 5.69 Å². The predicted octanol–water partition coefficient (Wildman–Crippen LogP) is 4.15. The molecule has 0 radical (unpaired) electrons. The van der Waals surface area contributed by atoms with Gasteiger partial charge in [-0.25, -0.2) is 4.79 Å². The van der Waals surface area contributed by atoms with E-state index in [4.69, 9.17) is 4.42 Å². The minimum atomic E-state index is -0.350. The van der Waals surface area contributed by atoms with Crippen LogP contribution in [0.4, 0.5) is 11.4 Å². The van der Waals surface area contributed by atoms with Crippen molar-refractivity contribution >= 4 is 22.3 Å². The molecular weight excluding hydrogens is 250 g/mol. The van der Waals surface area contributed by atoms with Gasteiger partial charge in [0.1, 0.15) is 5.58 Å². The average Bonchev–Trinajstić information content (AvgIpc) is 2.43. The summed E-state index contributed by atoms with van der Waals surface area (Å²) < 4.78 is 5.20. The van der Waals surface area contributed by atoms with Gasteiger partial charge in [0.2, 0.25) is 0 Å². The second-order valence-corrected chi connectivity index (χ2v) is 4.85. The van der Waals surface area contributed by atoms with E-state index in [1.54, 1.807) is 6.07 Å². The summed E-state index contributed by atoms with van der Waals surface area (Å²) in [5.41, 5.74) is 4.39. The Balaban J connectivity index is 2.15. The van der Waals surface area contributed by atoms with Crippen molar-refractivity contribution < 1.29 is 4.42 Å². The van der Waals surface area contributed by atoms with Gasteiger partial charge in [-0.1, -0.05) is 24.3 Å². The fourth-order valence-corrected chi connectivity index (χ4v) is 2.25. The number of hydrogen-bond acceptors (Lipinski definition) is 3. The Morgan fingerprint density at radius 2 is 1.75 bits per heavy atom. The molecule has 20 heavy (non-hydrogen) atoms. The van der Waals surface area contributed by atoms with Gasteiger partial charge in [-0.05, 0) is 43.2 Å². The first-order chi connectivity index (χ1) is 9.65. The fourth-order valence-electron chi connectivity index (χ4n) is 2.25. The lowest BCUT2D eigenvalue weighted by Crippen LogP contribution is -2.02. The van der Waals surface area contributed by atoms with Crippen molar-refractivity contribution in [1.29, 1.82) is 0 Å². The molecule has 1 N–H and O–H groups in total. The lowest BCUT2D eigenvalue weighted by atomic mass is 10.1. The molecule has 0 aliphatic heterocycles. The summed E-state index contributed by atoms with van der Waals surface area (Å²) in [4.78, 5) is 11.6. The summed E-state index contributed by atoms with van der Waals surface area (Å²) >= 11 is 0. The van der Waals surface area contributed by atoms with Gasteiger partial charge in [-0.15, -0.1) is 0 Å². The Bertz CT molecular complexity index is 834. The molecule has 2 aromatic carbocycles. The van der Waals surface area contributed by atoms with Crippen LogP contribution in [-0.2, 0) is 0 Å².